The molecule has 0 radical (unpaired) electrons. The smallest absolute Gasteiger partial charge is 0.313 e. The maximum Gasteiger partial charge on any atom is 0.313 e. The van der Waals surface area contributed by atoms with Crippen LogP contribution in [0.15, 0.2) is 0 Å². The van der Waals surface area contributed by atoms with Crippen LogP contribution in [0.3, 0.4) is 0 Å². The number of rotatable bonds is 20. The standard InChI is InChI=1S/C27H54O3Si/c1-6-8-10-12-13-14-15-16-18-20-22-27(31(3,4)5)25(30-26(27)29)23-24(28)21-19-17-11-9-7-2/h24-25,28H,6-23H2,1-5H3/t24-,25+,27+/m1/s1. The summed E-state index contributed by atoms with van der Waals surface area (Å²) in [6, 6.07) is 0. The number of carbonyl (C=O) groups is 1. The minimum Gasteiger partial charge on any atom is -0.461 e. The monoisotopic (exact) mass is 454 g/mol. The van der Waals surface area contributed by atoms with E-state index in [0.717, 1.165) is 25.7 Å². The summed E-state index contributed by atoms with van der Waals surface area (Å²) < 4.78 is 5.68. The molecule has 0 spiro atoms. The van der Waals surface area contributed by atoms with Gasteiger partial charge in [0.05, 0.1) is 19.2 Å². The zero-order chi connectivity index (χ0) is 23.2. The molecule has 0 unspecified atom stereocenters. The molecule has 1 saturated heterocycles. The Morgan fingerprint density at radius 3 is 1.71 bits per heavy atom. The first-order valence-electron chi connectivity index (χ1n) is 13.7. The minimum atomic E-state index is -1.75. The van der Waals surface area contributed by atoms with E-state index in [0.29, 0.717) is 6.42 Å². The zero-order valence-electron chi connectivity index (χ0n) is 21.6. The normalized spacial score (nSPS) is 22.3. The Morgan fingerprint density at radius 2 is 1.26 bits per heavy atom. The van der Waals surface area contributed by atoms with Crippen molar-refractivity contribution < 1.29 is 14.6 Å². The van der Waals surface area contributed by atoms with Crippen LogP contribution in [-0.4, -0.2) is 31.4 Å². The summed E-state index contributed by atoms with van der Waals surface area (Å²) in [5.74, 6) is 0.0303. The van der Waals surface area contributed by atoms with Gasteiger partial charge < -0.3 is 9.84 Å². The average molecular weight is 455 g/mol. The van der Waals surface area contributed by atoms with E-state index in [1.807, 2.05) is 0 Å². The van der Waals surface area contributed by atoms with Gasteiger partial charge in [-0.25, -0.2) is 0 Å². The van der Waals surface area contributed by atoms with Crippen LogP contribution in [0.1, 0.15) is 129 Å². The first kappa shape index (κ1) is 28.7. The van der Waals surface area contributed by atoms with Crippen LogP contribution in [0, 0.1) is 0 Å². The first-order chi connectivity index (χ1) is 14.8. The minimum absolute atomic E-state index is 0.0303. The lowest BCUT2D eigenvalue weighted by atomic mass is 9.85. The van der Waals surface area contributed by atoms with Crippen molar-refractivity contribution >= 4 is 14.0 Å². The number of aliphatic hydroxyl groups is 1. The molecule has 31 heavy (non-hydrogen) atoms. The van der Waals surface area contributed by atoms with Gasteiger partial charge in [-0.05, 0) is 12.8 Å². The molecule has 1 N–H and O–H groups in total. The second-order valence-electron chi connectivity index (χ2n) is 11.1. The lowest BCUT2D eigenvalue weighted by molar-refractivity contribution is -0.186. The third-order valence-corrected chi connectivity index (χ3v) is 11.0. The molecule has 4 heteroatoms. The quantitative estimate of drug-likeness (QED) is 0.114. The number of aliphatic hydroxyl groups excluding tert-OH is 1. The lowest BCUT2D eigenvalue weighted by Gasteiger charge is -2.54. The Balaban J connectivity index is 2.38. The second kappa shape index (κ2) is 15.5. The van der Waals surface area contributed by atoms with Gasteiger partial charge in [0.15, 0.2) is 0 Å². The summed E-state index contributed by atoms with van der Waals surface area (Å²) in [5.41, 5.74) is 0. The summed E-state index contributed by atoms with van der Waals surface area (Å²) in [6.07, 6.45) is 21.3. The predicted molar refractivity (Wildman–Crippen MR) is 136 cm³/mol. The number of carbonyl (C=O) groups excluding carboxylic acids is 1. The molecule has 3 atom stereocenters. The number of esters is 1. The molecule has 1 rings (SSSR count). The van der Waals surface area contributed by atoms with Crippen molar-refractivity contribution in [3.8, 4) is 0 Å². The van der Waals surface area contributed by atoms with E-state index in [4.69, 9.17) is 4.74 Å². The molecule has 1 heterocycles. The molecule has 0 amide bonds. The second-order valence-corrected chi connectivity index (χ2v) is 16.5. The topological polar surface area (TPSA) is 46.5 Å². The fourth-order valence-corrected chi connectivity index (χ4v) is 8.07. The molecule has 0 aliphatic carbocycles. The highest BCUT2D eigenvalue weighted by atomic mass is 28.3. The van der Waals surface area contributed by atoms with E-state index in [2.05, 4.69) is 33.5 Å². The summed E-state index contributed by atoms with van der Waals surface area (Å²) in [7, 11) is -1.75. The average Bonchev–Trinajstić information content (AvgIpc) is 2.70. The Morgan fingerprint density at radius 1 is 0.806 bits per heavy atom. The van der Waals surface area contributed by atoms with Gasteiger partial charge in [0.1, 0.15) is 6.10 Å². The summed E-state index contributed by atoms with van der Waals surface area (Å²) in [4.78, 5) is 12.7. The number of unbranched alkanes of at least 4 members (excludes halogenated alkanes) is 13. The molecular formula is C27H54O3Si. The van der Waals surface area contributed by atoms with E-state index in [-0.39, 0.29) is 23.2 Å². The van der Waals surface area contributed by atoms with Crippen LogP contribution in [0.4, 0.5) is 0 Å². The molecule has 0 aromatic rings. The summed E-state index contributed by atoms with van der Waals surface area (Å²) in [6.45, 7) is 11.4. The van der Waals surface area contributed by atoms with E-state index in [1.165, 1.54) is 83.5 Å². The lowest BCUT2D eigenvalue weighted by Crippen LogP contribution is -2.63. The molecule has 1 fully saturated rings. The molecular weight excluding hydrogens is 400 g/mol. The third kappa shape index (κ3) is 9.58. The highest BCUT2D eigenvalue weighted by molar-refractivity contribution is 6.83. The Labute approximate surface area is 195 Å². The maximum absolute atomic E-state index is 12.7. The largest absolute Gasteiger partial charge is 0.461 e. The van der Waals surface area contributed by atoms with Gasteiger partial charge in [0.2, 0.25) is 0 Å². The van der Waals surface area contributed by atoms with Crippen LogP contribution in [-0.2, 0) is 9.53 Å². The van der Waals surface area contributed by atoms with Crippen LogP contribution in [0.25, 0.3) is 0 Å². The molecule has 0 bridgehead atoms. The fraction of sp³-hybridized carbons (Fsp3) is 0.963. The highest BCUT2D eigenvalue weighted by Gasteiger charge is 2.64. The number of hydrogen-bond acceptors (Lipinski definition) is 3. The molecule has 1 aliphatic heterocycles. The van der Waals surface area contributed by atoms with Gasteiger partial charge in [-0.15, -0.1) is 0 Å². The van der Waals surface area contributed by atoms with Gasteiger partial charge in [0.25, 0.3) is 0 Å². The molecule has 184 valence electrons. The van der Waals surface area contributed by atoms with Crippen molar-refractivity contribution in [2.75, 3.05) is 0 Å². The Kier molecular flexibility index (Phi) is 14.3. The van der Waals surface area contributed by atoms with E-state index in [1.54, 1.807) is 0 Å². The van der Waals surface area contributed by atoms with Crippen LogP contribution >= 0.6 is 0 Å². The predicted octanol–water partition coefficient (Wildman–Crippen LogP) is 8.41. The van der Waals surface area contributed by atoms with Crippen LogP contribution < -0.4 is 0 Å². The van der Waals surface area contributed by atoms with Crippen molar-refractivity contribution in [3.63, 3.8) is 0 Å². The van der Waals surface area contributed by atoms with Crippen molar-refractivity contribution in [3.05, 3.63) is 0 Å². The van der Waals surface area contributed by atoms with Crippen molar-refractivity contribution in [2.45, 2.75) is 166 Å². The molecule has 0 aromatic heterocycles. The molecule has 0 saturated carbocycles. The van der Waals surface area contributed by atoms with Crippen molar-refractivity contribution in [1.29, 1.82) is 0 Å². The maximum atomic E-state index is 12.7. The number of ether oxygens (including phenoxy) is 1. The Hall–Kier alpha value is -0.353. The van der Waals surface area contributed by atoms with Gasteiger partial charge in [-0.1, -0.05) is 130 Å². The van der Waals surface area contributed by atoms with E-state index >= 15 is 0 Å². The molecule has 3 nitrogen and oxygen atoms in total. The highest BCUT2D eigenvalue weighted by Crippen LogP contribution is 2.57. The zero-order valence-corrected chi connectivity index (χ0v) is 22.6. The van der Waals surface area contributed by atoms with Gasteiger partial charge in [0, 0.05) is 6.42 Å². The van der Waals surface area contributed by atoms with Crippen LogP contribution in [0.5, 0.6) is 0 Å². The third-order valence-electron chi connectivity index (χ3n) is 7.55. The molecule has 1 aliphatic rings. The fourth-order valence-electron chi connectivity index (χ4n) is 5.32. The van der Waals surface area contributed by atoms with Crippen molar-refractivity contribution in [1.82, 2.24) is 0 Å². The van der Waals surface area contributed by atoms with Gasteiger partial charge in [-0.2, -0.15) is 0 Å². The molecule has 0 aromatic carbocycles. The van der Waals surface area contributed by atoms with Crippen molar-refractivity contribution in [2.24, 2.45) is 0 Å². The summed E-state index contributed by atoms with van der Waals surface area (Å²) in [5, 5.41) is 10.3. The van der Waals surface area contributed by atoms with Gasteiger partial charge in [-0.3, -0.25) is 4.79 Å². The SMILES string of the molecule is CCCCCCCCCCCC[C@@]1([Si](C)(C)C)C(=O)O[C@H]1C[C@H](O)CCCCCCC. The van der Waals surface area contributed by atoms with E-state index in [9.17, 15) is 9.90 Å². The number of cyclic esters (lactones) is 1. The van der Waals surface area contributed by atoms with Gasteiger partial charge >= 0.3 is 5.97 Å². The Bertz CT molecular complexity index is 474. The van der Waals surface area contributed by atoms with Crippen LogP contribution in [0.2, 0.25) is 24.7 Å². The first-order valence-corrected chi connectivity index (χ1v) is 17.2. The summed E-state index contributed by atoms with van der Waals surface area (Å²) >= 11 is 0. The number of hydrogen-bond donors (Lipinski definition) is 1. The van der Waals surface area contributed by atoms with E-state index < -0.39 is 8.07 Å².